The first kappa shape index (κ1) is 11.8. The van der Waals surface area contributed by atoms with E-state index in [0.717, 1.165) is 11.3 Å². The van der Waals surface area contributed by atoms with Crippen molar-refractivity contribution in [3.05, 3.63) is 40.3 Å². The molecule has 0 aliphatic rings. The van der Waals surface area contributed by atoms with Gasteiger partial charge in [-0.1, -0.05) is 29.9 Å². The molecule has 4 heteroatoms. The molecular formula is C13H14N2OS. The summed E-state index contributed by atoms with van der Waals surface area (Å²) < 4.78 is 5.80. The number of aromatic amines is 1. The van der Waals surface area contributed by atoms with Crippen molar-refractivity contribution >= 4 is 12.2 Å². The van der Waals surface area contributed by atoms with E-state index in [0.29, 0.717) is 10.4 Å². The van der Waals surface area contributed by atoms with Crippen molar-refractivity contribution in [1.29, 1.82) is 0 Å². The lowest BCUT2D eigenvalue weighted by Crippen LogP contribution is -1.96. The Morgan fingerprint density at radius 2 is 2.06 bits per heavy atom. The largest absolute Gasteiger partial charge is 0.491 e. The summed E-state index contributed by atoms with van der Waals surface area (Å²) in [5.74, 6) is 0.621. The second-order valence-corrected chi connectivity index (χ2v) is 4.32. The van der Waals surface area contributed by atoms with Crippen LogP contribution in [0.25, 0.3) is 11.3 Å². The van der Waals surface area contributed by atoms with Gasteiger partial charge in [-0.3, -0.25) is 0 Å². The number of aromatic nitrogens is 2. The number of benzene rings is 1. The highest BCUT2D eigenvalue weighted by atomic mass is 32.1. The van der Waals surface area contributed by atoms with Crippen LogP contribution >= 0.6 is 12.2 Å². The van der Waals surface area contributed by atoms with Crippen LogP contribution in [-0.4, -0.2) is 17.1 Å². The highest BCUT2D eigenvalue weighted by Crippen LogP contribution is 2.30. The van der Waals surface area contributed by atoms with Gasteiger partial charge in [0.25, 0.3) is 0 Å². The maximum Gasteiger partial charge on any atom is 0.179 e. The van der Waals surface area contributed by atoms with Crippen LogP contribution in [0.5, 0.6) is 5.75 Å². The maximum absolute atomic E-state index is 5.33. The summed E-state index contributed by atoms with van der Waals surface area (Å²) in [4.78, 5) is 7.13. The first-order valence-electron chi connectivity index (χ1n) is 5.33. The SMILES string of the molecule is COc1c(-c2cc(C)ccc2C)[nH]cnc1=S. The minimum absolute atomic E-state index is 0.474. The van der Waals surface area contributed by atoms with Crippen molar-refractivity contribution in [3.63, 3.8) is 0 Å². The number of hydrogen-bond acceptors (Lipinski definition) is 3. The van der Waals surface area contributed by atoms with E-state index in [9.17, 15) is 0 Å². The van der Waals surface area contributed by atoms with Gasteiger partial charge >= 0.3 is 0 Å². The molecule has 2 rings (SSSR count). The zero-order valence-electron chi connectivity index (χ0n) is 10.1. The second-order valence-electron chi connectivity index (χ2n) is 3.93. The fraction of sp³-hybridized carbons (Fsp3) is 0.231. The minimum atomic E-state index is 0.474. The molecule has 0 saturated heterocycles. The Hall–Kier alpha value is -1.68. The van der Waals surface area contributed by atoms with E-state index in [-0.39, 0.29) is 0 Å². The summed E-state index contributed by atoms with van der Waals surface area (Å²) in [6.45, 7) is 4.12. The first-order chi connectivity index (χ1) is 8.13. The average molecular weight is 246 g/mol. The molecule has 0 amide bonds. The van der Waals surface area contributed by atoms with Crippen molar-refractivity contribution in [2.45, 2.75) is 13.8 Å². The third-order valence-corrected chi connectivity index (χ3v) is 2.97. The van der Waals surface area contributed by atoms with Crippen LogP contribution in [0.4, 0.5) is 0 Å². The first-order valence-corrected chi connectivity index (χ1v) is 5.73. The molecule has 1 N–H and O–H groups in total. The summed E-state index contributed by atoms with van der Waals surface area (Å²) in [6, 6.07) is 6.28. The molecule has 1 heterocycles. The predicted octanol–water partition coefficient (Wildman–Crippen LogP) is 3.43. The van der Waals surface area contributed by atoms with Gasteiger partial charge in [0.1, 0.15) is 0 Å². The summed E-state index contributed by atoms with van der Waals surface area (Å²) in [6.07, 6.45) is 1.60. The number of hydrogen-bond donors (Lipinski definition) is 1. The van der Waals surface area contributed by atoms with E-state index in [2.05, 4.69) is 42.0 Å². The molecule has 0 unspecified atom stereocenters. The molecule has 3 nitrogen and oxygen atoms in total. The molecule has 2 aromatic rings. The molecule has 0 radical (unpaired) electrons. The van der Waals surface area contributed by atoms with E-state index in [4.69, 9.17) is 17.0 Å². The van der Waals surface area contributed by atoms with Gasteiger partial charge in [0, 0.05) is 5.56 Å². The summed E-state index contributed by atoms with van der Waals surface area (Å²) >= 11 is 5.16. The van der Waals surface area contributed by atoms with Gasteiger partial charge in [-0.25, -0.2) is 4.98 Å². The predicted molar refractivity (Wildman–Crippen MR) is 70.9 cm³/mol. The van der Waals surface area contributed by atoms with Crippen molar-refractivity contribution in [2.24, 2.45) is 0 Å². The van der Waals surface area contributed by atoms with Crippen molar-refractivity contribution in [1.82, 2.24) is 9.97 Å². The number of nitrogens with zero attached hydrogens (tertiary/aromatic N) is 1. The van der Waals surface area contributed by atoms with Crippen LogP contribution in [0.2, 0.25) is 0 Å². The van der Waals surface area contributed by atoms with Crippen LogP contribution in [0.15, 0.2) is 24.5 Å². The zero-order chi connectivity index (χ0) is 12.4. The van der Waals surface area contributed by atoms with Crippen LogP contribution in [0.1, 0.15) is 11.1 Å². The Balaban J connectivity index is 2.72. The van der Waals surface area contributed by atoms with Gasteiger partial charge in [0.2, 0.25) is 0 Å². The van der Waals surface area contributed by atoms with Gasteiger partial charge in [-0.05, 0) is 25.5 Å². The number of aryl methyl sites for hydroxylation is 2. The Morgan fingerprint density at radius 1 is 1.29 bits per heavy atom. The van der Waals surface area contributed by atoms with Crippen LogP contribution in [0.3, 0.4) is 0 Å². The quantitative estimate of drug-likeness (QED) is 0.825. The molecule has 1 aromatic heterocycles. The third-order valence-electron chi connectivity index (χ3n) is 2.68. The number of nitrogens with one attached hydrogen (secondary N) is 1. The normalized spacial score (nSPS) is 10.3. The monoisotopic (exact) mass is 246 g/mol. The molecule has 1 aromatic carbocycles. The standard InChI is InChI=1S/C13H14N2OS/c1-8-4-5-9(2)10(6-8)11-12(16-3)13(17)15-7-14-11/h4-7H,1-3H3,(H,14,15,17). The summed E-state index contributed by atoms with van der Waals surface area (Å²) in [7, 11) is 1.61. The smallest absolute Gasteiger partial charge is 0.179 e. The van der Waals surface area contributed by atoms with Crippen molar-refractivity contribution < 1.29 is 4.74 Å². The second kappa shape index (κ2) is 4.67. The van der Waals surface area contributed by atoms with E-state index in [1.807, 2.05) is 0 Å². The van der Waals surface area contributed by atoms with E-state index in [1.54, 1.807) is 13.4 Å². The fourth-order valence-corrected chi connectivity index (χ4v) is 2.02. The van der Waals surface area contributed by atoms with Gasteiger partial charge < -0.3 is 9.72 Å². The summed E-state index contributed by atoms with van der Waals surface area (Å²) in [5, 5.41) is 0. The number of ether oxygens (including phenoxy) is 1. The van der Waals surface area contributed by atoms with Crippen molar-refractivity contribution in [2.75, 3.05) is 7.11 Å². The molecule has 88 valence electrons. The van der Waals surface area contributed by atoms with Crippen molar-refractivity contribution in [3.8, 4) is 17.0 Å². The van der Waals surface area contributed by atoms with Gasteiger partial charge in [0.05, 0.1) is 19.1 Å². The molecule has 0 fully saturated rings. The van der Waals surface area contributed by atoms with Gasteiger partial charge in [-0.15, -0.1) is 0 Å². The Kier molecular flexibility index (Phi) is 3.24. The molecule has 0 aliphatic heterocycles. The average Bonchev–Trinajstić information content (AvgIpc) is 2.32. The molecule has 0 aliphatic carbocycles. The van der Waals surface area contributed by atoms with Crippen LogP contribution in [-0.2, 0) is 0 Å². The lowest BCUT2D eigenvalue weighted by Gasteiger charge is -2.11. The molecule has 0 spiro atoms. The van der Waals surface area contributed by atoms with E-state index >= 15 is 0 Å². The van der Waals surface area contributed by atoms with Gasteiger partial charge in [-0.2, -0.15) is 0 Å². The third kappa shape index (κ3) is 2.22. The van der Waals surface area contributed by atoms with Crippen LogP contribution < -0.4 is 4.74 Å². The molecule has 0 atom stereocenters. The lowest BCUT2D eigenvalue weighted by atomic mass is 10.0. The molecular weight excluding hydrogens is 232 g/mol. The highest BCUT2D eigenvalue weighted by Gasteiger charge is 2.10. The number of rotatable bonds is 2. The number of H-pyrrole nitrogens is 1. The Bertz CT molecular complexity index is 605. The fourth-order valence-electron chi connectivity index (χ4n) is 1.78. The topological polar surface area (TPSA) is 37.9 Å². The minimum Gasteiger partial charge on any atom is -0.491 e. The number of methoxy groups -OCH3 is 1. The summed E-state index contributed by atoms with van der Waals surface area (Å²) in [5.41, 5.74) is 4.35. The van der Waals surface area contributed by atoms with E-state index < -0.39 is 0 Å². The van der Waals surface area contributed by atoms with Gasteiger partial charge in [0.15, 0.2) is 10.4 Å². The molecule has 0 saturated carbocycles. The molecule has 0 bridgehead atoms. The lowest BCUT2D eigenvalue weighted by molar-refractivity contribution is 0.410. The Labute approximate surface area is 105 Å². The van der Waals surface area contributed by atoms with E-state index in [1.165, 1.54) is 11.1 Å². The molecule has 17 heavy (non-hydrogen) atoms. The highest BCUT2D eigenvalue weighted by molar-refractivity contribution is 7.71. The van der Waals surface area contributed by atoms with Crippen LogP contribution in [0, 0.1) is 18.5 Å². The maximum atomic E-state index is 5.33. The Morgan fingerprint density at radius 3 is 2.76 bits per heavy atom. The zero-order valence-corrected chi connectivity index (χ0v) is 10.9.